The van der Waals surface area contributed by atoms with Gasteiger partial charge in [0.25, 0.3) is 0 Å². The van der Waals surface area contributed by atoms with Gasteiger partial charge in [0.1, 0.15) is 11.5 Å². The summed E-state index contributed by atoms with van der Waals surface area (Å²) in [4.78, 5) is 21.4. The summed E-state index contributed by atoms with van der Waals surface area (Å²) in [6, 6.07) is 14.6. The van der Waals surface area contributed by atoms with E-state index in [0.717, 1.165) is 22.9 Å². The van der Waals surface area contributed by atoms with Crippen molar-refractivity contribution >= 4 is 23.2 Å². The Morgan fingerprint density at radius 3 is 1.23 bits per heavy atom. The molecule has 0 fully saturated rings. The van der Waals surface area contributed by atoms with Gasteiger partial charge < -0.3 is 20.1 Å². The highest BCUT2D eigenvalue weighted by molar-refractivity contribution is 5.89. The molecular formula is C20H26N2O4. The Morgan fingerprint density at radius 2 is 1.00 bits per heavy atom. The van der Waals surface area contributed by atoms with Crippen molar-refractivity contribution in [1.82, 2.24) is 0 Å². The number of benzene rings is 2. The monoisotopic (exact) mass is 358 g/mol. The highest BCUT2D eigenvalue weighted by Gasteiger charge is 1.96. The fourth-order valence-electron chi connectivity index (χ4n) is 2.01. The van der Waals surface area contributed by atoms with Crippen LogP contribution in [0.1, 0.15) is 27.7 Å². The SMILES string of the molecule is CCOc1ccc(NC(C)=O)cc1.CCOc1ccc(NC(C)=O)cc1. The maximum Gasteiger partial charge on any atom is 0.221 e. The molecule has 0 spiro atoms. The number of ether oxygens (including phenoxy) is 2. The molecular weight excluding hydrogens is 332 g/mol. The average molecular weight is 358 g/mol. The molecule has 140 valence electrons. The predicted octanol–water partition coefficient (Wildman–Crippen LogP) is 4.09. The third kappa shape index (κ3) is 8.73. The molecule has 0 bridgehead atoms. The highest BCUT2D eigenvalue weighted by Crippen LogP contribution is 2.16. The fourth-order valence-corrected chi connectivity index (χ4v) is 2.01. The zero-order valence-electron chi connectivity index (χ0n) is 15.7. The molecule has 0 atom stereocenters. The van der Waals surface area contributed by atoms with Crippen LogP contribution < -0.4 is 20.1 Å². The van der Waals surface area contributed by atoms with E-state index in [1.165, 1.54) is 13.8 Å². The molecule has 0 aliphatic carbocycles. The second-order valence-electron chi connectivity index (χ2n) is 5.28. The van der Waals surface area contributed by atoms with Crippen LogP contribution in [0.15, 0.2) is 48.5 Å². The maximum absolute atomic E-state index is 10.7. The van der Waals surface area contributed by atoms with Gasteiger partial charge in [0.15, 0.2) is 0 Å². The molecule has 6 nitrogen and oxygen atoms in total. The molecule has 0 saturated carbocycles. The molecule has 6 heteroatoms. The van der Waals surface area contributed by atoms with Crippen LogP contribution in [-0.4, -0.2) is 25.0 Å². The third-order valence-electron chi connectivity index (χ3n) is 2.97. The summed E-state index contributed by atoms with van der Waals surface area (Å²) in [6.07, 6.45) is 0. The first-order valence-electron chi connectivity index (χ1n) is 8.45. The van der Waals surface area contributed by atoms with Crippen LogP contribution in [0.3, 0.4) is 0 Å². The van der Waals surface area contributed by atoms with Gasteiger partial charge in [-0.25, -0.2) is 0 Å². The van der Waals surface area contributed by atoms with Gasteiger partial charge in [-0.05, 0) is 62.4 Å². The van der Waals surface area contributed by atoms with E-state index in [9.17, 15) is 9.59 Å². The van der Waals surface area contributed by atoms with Crippen molar-refractivity contribution in [3.05, 3.63) is 48.5 Å². The van der Waals surface area contributed by atoms with Gasteiger partial charge in [-0.1, -0.05) is 0 Å². The first-order valence-corrected chi connectivity index (χ1v) is 8.45. The van der Waals surface area contributed by atoms with E-state index in [2.05, 4.69) is 10.6 Å². The lowest BCUT2D eigenvalue weighted by atomic mass is 10.3. The van der Waals surface area contributed by atoms with E-state index in [-0.39, 0.29) is 11.8 Å². The van der Waals surface area contributed by atoms with Crippen LogP contribution in [0.25, 0.3) is 0 Å². The second kappa shape index (κ2) is 11.5. The molecule has 2 amide bonds. The zero-order valence-corrected chi connectivity index (χ0v) is 15.7. The summed E-state index contributed by atoms with van der Waals surface area (Å²) in [5.41, 5.74) is 1.58. The molecule has 0 unspecified atom stereocenters. The van der Waals surface area contributed by atoms with Gasteiger partial charge in [-0.2, -0.15) is 0 Å². The first-order chi connectivity index (χ1) is 12.4. The minimum Gasteiger partial charge on any atom is -0.494 e. The van der Waals surface area contributed by atoms with Crippen molar-refractivity contribution < 1.29 is 19.1 Å². The molecule has 2 aromatic carbocycles. The topological polar surface area (TPSA) is 76.7 Å². The molecule has 0 saturated heterocycles. The van der Waals surface area contributed by atoms with Crippen molar-refractivity contribution in [3.63, 3.8) is 0 Å². The van der Waals surface area contributed by atoms with Gasteiger partial charge in [0.2, 0.25) is 11.8 Å². The summed E-state index contributed by atoms with van der Waals surface area (Å²) < 4.78 is 10.5. The van der Waals surface area contributed by atoms with Crippen molar-refractivity contribution in [3.8, 4) is 11.5 Å². The lowest BCUT2D eigenvalue weighted by Crippen LogP contribution is -2.05. The van der Waals surface area contributed by atoms with Gasteiger partial charge >= 0.3 is 0 Å². The van der Waals surface area contributed by atoms with Gasteiger partial charge in [0, 0.05) is 25.2 Å². The van der Waals surface area contributed by atoms with Crippen molar-refractivity contribution in [2.75, 3.05) is 23.8 Å². The third-order valence-corrected chi connectivity index (χ3v) is 2.97. The number of nitrogens with one attached hydrogen (secondary N) is 2. The molecule has 2 aromatic rings. The maximum atomic E-state index is 10.7. The van der Waals surface area contributed by atoms with Crippen LogP contribution in [0, 0.1) is 0 Å². The predicted molar refractivity (Wildman–Crippen MR) is 104 cm³/mol. The number of carbonyl (C=O) groups is 2. The molecule has 26 heavy (non-hydrogen) atoms. The van der Waals surface area contributed by atoms with Crippen LogP contribution in [-0.2, 0) is 9.59 Å². The number of hydrogen-bond acceptors (Lipinski definition) is 4. The Hall–Kier alpha value is -3.02. The van der Waals surface area contributed by atoms with Crippen molar-refractivity contribution in [2.24, 2.45) is 0 Å². The smallest absolute Gasteiger partial charge is 0.221 e. The Bertz CT molecular complexity index is 620. The van der Waals surface area contributed by atoms with E-state index in [1.807, 2.05) is 62.4 Å². The quantitative estimate of drug-likeness (QED) is 0.815. The van der Waals surface area contributed by atoms with E-state index >= 15 is 0 Å². The Morgan fingerprint density at radius 1 is 0.692 bits per heavy atom. The molecule has 0 aliphatic rings. The number of hydrogen-bond donors (Lipinski definition) is 2. The van der Waals surface area contributed by atoms with Gasteiger partial charge in [-0.3, -0.25) is 9.59 Å². The molecule has 0 aliphatic heterocycles. The number of carbonyl (C=O) groups excluding carboxylic acids is 2. The van der Waals surface area contributed by atoms with E-state index in [4.69, 9.17) is 9.47 Å². The van der Waals surface area contributed by atoms with Gasteiger partial charge in [0.05, 0.1) is 13.2 Å². The van der Waals surface area contributed by atoms with Gasteiger partial charge in [-0.15, -0.1) is 0 Å². The van der Waals surface area contributed by atoms with E-state index < -0.39 is 0 Å². The van der Waals surface area contributed by atoms with Crippen LogP contribution >= 0.6 is 0 Å². The Balaban J connectivity index is 0.000000260. The first kappa shape index (κ1) is 21.0. The fraction of sp³-hybridized carbons (Fsp3) is 0.300. The summed E-state index contributed by atoms with van der Waals surface area (Å²) in [7, 11) is 0. The number of amides is 2. The average Bonchev–Trinajstić information content (AvgIpc) is 2.59. The Kier molecular flexibility index (Phi) is 9.31. The summed E-state index contributed by atoms with van der Waals surface area (Å²) in [5, 5.41) is 5.36. The molecule has 2 rings (SSSR count). The lowest BCUT2D eigenvalue weighted by Gasteiger charge is -2.04. The van der Waals surface area contributed by atoms with Crippen LogP contribution in [0.5, 0.6) is 11.5 Å². The van der Waals surface area contributed by atoms with E-state index in [1.54, 1.807) is 0 Å². The number of rotatable bonds is 6. The summed E-state index contributed by atoms with van der Waals surface area (Å²) in [5.74, 6) is 1.50. The van der Waals surface area contributed by atoms with Crippen LogP contribution in [0.2, 0.25) is 0 Å². The zero-order chi connectivity index (χ0) is 19.4. The lowest BCUT2D eigenvalue weighted by molar-refractivity contribution is -0.115. The van der Waals surface area contributed by atoms with E-state index in [0.29, 0.717) is 13.2 Å². The molecule has 0 radical (unpaired) electrons. The molecule has 0 heterocycles. The molecule has 2 N–H and O–H groups in total. The highest BCUT2D eigenvalue weighted by atomic mass is 16.5. The second-order valence-corrected chi connectivity index (χ2v) is 5.28. The van der Waals surface area contributed by atoms with Crippen LogP contribution in [0.4, 0.5) is 11.4 Å². The molecule has 0 aromatic heterocycles. The standard InChI is InChI=1S/2C10H13NO2/c2*1-3-13-10-6-4-9(5-7-10)11-8(2)12/h2*4-7H,3H2,1-2H3,(H,11,12). The number of anilines is 2. The summed E-state index contributed by atoms with van der Waals surface area (Å²) >= 11 is 0. The van der Waals surface area contributed by atoms with Crippen molar-refractivity contribution in [1.29, 1.82) is 0 Å². The minimum absolute atomic E-state index is 0.0656. The summed E-state index contributed by atoms with van der Waals surface area (Å²) in [6.45, 7) is 8.13. The van der Waals surface area contributed by atoms with Crippen molar-refractivity contribution in [2.45, 2.75) is 27.7 Å². The normalized spacial score (nSPS) is 9.38. The Labute approximate surface area is 154 Å². The largest absolute Gasteiger partial charge is 0.494 e. The minimum atomic E-state index is -0.0656.